The van der Waals surface area contributed by atoms with E-state index in [1.807, 2.05) is 0 Å². The van der Waals surface area contributed by atoms with Crippen LogP contribution >= 0.6 is 11.9 Å². The lowest BCUT2D eigenvalue weighted by atomic mass is 9.86. The van der Waals surface area contributed by atoms with Crippen molar-refractivity contribution in [1.29, 1.82) is 0 Å². The summed E-state index contributed by atoms with van der Waals surface area (Å²) in [5.41, 5.74) is 0. The maximum Gasteiger partial charge on any atom is 0.00585 e. The minimum Gasteiger partial charge on any atom is -0.264 e. The third-order valence-electron chi connectivity index (χ3n) is 4.04. The van der Waals surface area contributed by atoms with Gasteiger partial charge in [0.2, 0.25) is 0 Å². The predicted molar refractivity (Wildman–Crippen MR) is 101 cm³/mol. The molecular weight excluding hydrogens is 274 g/mol. The summed E-state index contributed by atoms with van der Waals surface area (Å²) in [6, 6.07) is 0. The maximum absolute atomic E-state index is 3.35. The molecule has 2 heteroatoms. The first-order valence-corrected chi connectivity index (χ1v) is 10.1. The van der Waals surface area contributed by atoms with Crippen molar-refractivity contribution in [1.82, 2.24) is 4.72 Å². The normalized spacial score (nSPS) is 15.0. The second-order valence-electron chi connectivity index (χ2n) is 5.96. The SMILES string of the molecule is CCCCC/C=C/C=C/C(C)C(CCC)CCCNSC. The first-order chi connectivity index (χ1) is 10.3. The van der Waals surface area contributed by atoms with Gasteiger partial charge < -0.3 is 0 Å². The van der Waals surface area contributed by atoms with Gasteiger partial charge in [0, 0.05) is 6.54 Å². The van der Waals surface area contributed by atoms with E-state index < -0.39 is 0 Å². The standard InChI is InChI=1S/C19H37NS/c1-5-7-8-9-10-11-12-15-18(3)19(14-6-2)16-13-17-20-21-4/h10-12,15,18-20H,5-9,13-14,16-17H2,1-4H3/b11-10+,15-12+. The first kappa shape index (κ1) is 20.8. The second kappa shape index (κ2) is 16.2. The van der Waals surface area contributed by atoms with E-state index in [0.29, 0.717) is 5.92 Å². The van der Waals surface area contributed by atoms with Crippen LogP contribution < -0.4 is 4.72 Å². The number of hydrogen-bond acceptors (Lipinski definition) is 2. The quantitative estimate of drug-likeness (QED) is 0.227. The Morgan fingerprint density at radius 3 is 2.48 bits per heavy atom. The summed E-state index contributed by atoms with van der Waals surface area (Å²) in [5, 5.41) is 0. The summed E-state index contributed by atoms with van der Waals surface area (Å²) >= 11 is 1.73. The Labute approximate surface area is 138 Å². The topological polar surface area (TPSA) is 12.0 Å². The van der Waals surface area contributed by atoms with Crippen molar-refractivity contribution in [2.75, 3.05) is 12.8 Å². The average Bonchev–Trinajstić information content (AvgIpc) is 2.49. The molecule has 0 fully saturated rings. The van der Waals surface area contributed by atoms with Crippen molar-refractivity contribution in [3.8, 4) is 0 Å². The lowest BCUT2D eigenvalue weighted by molar-refractivity contribution is 0.354. The van der Waals surface area contributed by atoms with E-state index in [1.54, 1.807) is 11.9 Å². The van der Waals surface area contributed by atoms with Gasteiger partial charge in [-0.3, -0.25) is 4.72 Å². The Balaban J connectivity index is 3.99. The molecule has 0 radical (unpaired) electrons. The number of rotatable bonds is 14. The highest BCUT2D eigenvalue weighted by Gasteiger charge is 2.13. The molecule has 1 nitrogen and oxygen atoms in total. The Hall–Kier alpha value is -0.210. The van der Waals surface area contributed by atoms with Crippen molar-refractivity contribution in [3.63, 3.8) is 0 Å². The van der Waals surface area contributed by atoms with Crippen LogP contribution in [0.2, 0.25) is 0 Å². The van der Waals surface area contributed by atoms with E-state index in [9.17, 15) is 0 Å². The molecule has 0 saturated heterocycles. The van der Waals surface area contributed by atoms with Gasteiger partial charge in [0.25, 0.3) is 0 Å². The summed E-state index contributed by atoms with van der Waals surface area (Å²) in [6.45, 7) is 8.07. The highest BCUT2D eigenvalue weighted by Crippen LogP contribution is 2.24. The Morgan fingerprint density at radius 2 is 1.81 bits per heavy atom. The monoisotopic (exact) mass is 311 g/mol. The molecule has 21 heavy (non-hydrogen) atoms. The molecule has 0 rings (SSSR count). The molecule has 0 amide bonds. The van der Waals surface area contributed by atoms with Gasteiger partial charge >= 0.3 is 0 Å². The van der Waals surface area contributed by atoms with Crippen LogP contribution in [0.5, 0.6) is 0 Å². The minimum absolute atomic E-state index is 0.694. The molecule has 0 aromatic heterocycles. The Bertz CT molecular complexity index is 260. The van der Waals surface area contributed by atoms with Crippen LogP contribution in [-0.2, 0) is 0 Å². The van der Waals surface area contributed by atoms with Crippen LogP contribution in [-0.4, -0.2) is 12.8 Å². The molecule has 2 atom stereocenters. The van der Waals surface area contributed by atoms with E-state index in [-0.39, 0.29) is 0 Å². The number of unbranched alkanes of at least 4 members (excludes halogenated alkanes) is 3. The lowest BCUT2D eigenvalue weighted by Crippen LogP contribution is -2.13. The second-order valence-corrected chi connectivity index (χ2v) is 6.65. The number of allylic oxidation sites excluding steroid dienone is 4. The van der Waals surface area contributed by atoms with Gasteiger partial charge in [-0.15, -0.1) is 0 Å². The third-order valence-corrected chi connectivity index (χ3v) is 4.53. The molecule has 0 aromatic carbocycles. The van der Waals surface area contributed by atoms with Gasteiger partial charge in [-0.25, -0.2) is 0 Å². The fourth-order valence-corrected chi connectivity index (χ4v) is 3.01. The van der Waals surface area contributed by atoms with E-state index in [0.717, 1.165) is 12.5 Å². The summed E-state index contributed by atoms with van der Waals surface area (Å²) < 4.78 is 3.35. The molecule has 124 valence electrons. The fraction of sp³-hybridized carbons (Fsp3) is 0.789. The molecule has 0 saturated carbocycles. The summed E-state index contributed by atoms with van der Waals surface area (Å²) in [6.07, 6.45) is 21.8. The summed E-state index contributed by atoms with van der Waals surface area (Å²) in [4.78, 5) is 0. The first-order valence-electron chi connectivity index (χ1n) is 8.85. The van der Waals surface area contributed by atoms with Crippen LogP contribution in [0.25, 0.3) is 0 Å². The van der Waals surface area contributed by atoms with Gasteiger partial charge in [-0.2, -0.15) is 0 Å². The van der Waals surface area contributed by atoms with Crippen LogP contribution in [0.15, 0.2) is 24.3 Å². The maximum atomic E-state index is 3.35. The Morgan fingerprint density at radius 1 is 1.00 bits per heavy atom. The molecule has 2 unspecified atom stereocenters. The van der Waals surface area contributed by atoms with Crippen LogP contribution in [0, 0.1) is 11.8 Å². The molecule has 0 aliphatic rings. The largest absolute Gasteiger partial charge is 0.264 e. The highest BCUT2D eigenvalue weighted by atomic mass is 32.2. The molecule has 0 aliphatic heterocycles. The average molecular weight is 312 g/mol. The van der Waals surface area contributed by atoms with Crippen LogP contribution in [0.3, 0.4) is 0 Å². The summed E-state index contributed by atoms with van der Waals surface area (Å²) in [7, 11) is 0. The van der Waals surface area contributed by atoms with Crippen molar-refractivity contribution in [3.05, 3.63) is 24.3 Å². The van der Waals surface area contributed by atoms with Crippen molar-refractivity contribution in [2.24, 2.45) is 11.8 Å². The third kappa shape index (κ3) is 13.2. The number of nitrogens with one attached hydrogen (secondary N) is 1. The zero-order chi connectivity index (χ0) is 15.8. The van der Waals surface area contributed by atoms with Crippen LogP contribution in [0.1, 0.15) is 72.1 Å². The van der Waals surface area contributed by atoms with Crippen molar-refractivity contribution in [2.45, 2.75) is 72.1 Å². The van der Waals surface area contributed by atoms with Crippen molar-refractivity contribution >= 4 is 11.9 Å². The highest BCUT2D eigenvalue weighted by molar-refractivity contribution is 7.96. The van der Waals surface area contributed by atoms with E-state index >= 15 is 0 Å². The summed E-state index contributed by atoms with van der Waals surface area (Å²) in [5.74, 6) is 1.53. The van der Waals surface area contributed by atoms with E-state index in [4.69, 9.17) is 0 Å². The van der Waals surface area contributed by atoms with Crippen molar-refractivity contribution < 1.29 is 0 Å². The van der Waals surface area contributed by atoms with E-state index in [1.165, 1.54) is 51.4 Å². The molecule has 0 bridgehead atoms. The molecule has 0 heterocycles. The molecule has 1 N–H and O–H groups in total. The fourth-order valence-electron chi connectivity index (χ4n) is 2.66. The minimum atomic E-state index is 0.694. The smallest absolute Gasteiger partial charge is 0.00585 e. The molecule has 0 aliphatic carbocycles. The molecule has 0 spiro atoms. The molecular formula is C19H37NS. The zero-order valence-corrected chi connectivity index (χ0v) is 15.6. The predicted octanol–water partition coefficient (Wildman–Crippen LogP) is 6.38. The lowest BCUT2D eigenvalue weighted by Gasteiger charge is -2.21. The Kier molecular flexibility index (Phi) is 16.0. The van der Waals surface area contributed by atoms with Gasteiger partial charge in [0.15, 0.2) is 0 Å². The van der Waals surface area contributed by atoms with E-state index in [2.05, 4.69) is 56.1 Å². The number of hydrogen-bond donors (Lipinski definition) is 1. The van der Waals surface area contributed by atoms with Crippen LogP contribution in [0.4, 0.5) is 0 Å². The van der Waals surface area contributed by atoms with Gasteiger partial charge in [-0.1, -0.05) is 82.7 Å². The van der Waals surface area contributed by atoms with Gasteiger partial charge in [0.1, 0.15) is 0 Å². The molecule has 0 aromatic rings. The van der Waals surface area contributed by atoms with Gasteiger partial charge in [0.05, 0.1) is 0 Å². The zero-order valence-electron chi connectivity index (χ0n) is 14.7. The van der Waals surface area contributed by atoms with Gasteiger partial charge in [-0.05, 0) is 43.8 Å².